The smallest absolute Gasteiger partial charge is 0.326 e. The van der Waals surface area contributed by atoms with Gasteiger partial charge >= 0.3 is 10.2 Å². The van der Waals surface area contributed by atoms with Gasteiger partial charge in [0, 0.05) is 13.1 Å². The topological polar surface area (TPSA) is 128 Å². The van der Waals surface area contributed by atoms with Gasteiger partial charge in [-0.05, 0) is 12.1 Å². The van der Waals surface area contributed by atoms with Crippen LogP contribution < -0.4 is 19.7 Å². The molecule has 9 nitrogen and oxygen atoms in total. The molecule has 0 unspecified atom stereocenters. The first-order chi connectivity index (χ1) is 10.8. The van der Waals surface area contributed by atoms with Crippen LogP contribution in [0.2, 0.25) is 0 Å². The van der Waals surface area contributed by atoms with Crippen LogP contribution in [0.25, 0.3) is 0 Å². The first-order valence-corrected chi connectivity index (χ1v) is 8.10. The van der Waals surface area contributed by atoms with E-state index in [0.717, 1.165) is 12.1 Å². The van der Waals surface area contributed by atoms with Gasteiger partial charge in [0.05, 0.1) is 11.6 Å². The van der Waals surface area contributed by atoms with Crippen LogP contribution in [-0.2, 0) is 15.0 Å². The van der Waals surface area contributed by atoms with E-state index in [-0.39, 0.29) is 6.04 Å². The van der Waals surface area contributed by atoms with Crippen LogP contribution >= 0.6 is 0 Å². The zero-order valence-electron chi connectivity index (χ0n) is 11.7. The normalized spacial score (nSPS) is 20.0. The van der Waals surface area contributed by atoms with Gasteiger partial charge in [-0.3, -0.25) is 9.59 Å². The van der Waals surface area contributed by atoms with Crippen LogP contribution in [0.3, 0.4) is 0 Å². The molecule has 4 N–H and O–H groups in total. The highest BCUT2D eigenvalue weighted by Gasteiger charge is 2.38. The second-order valence-corrected chi connectivity index (χ2v) is 6.76. The fraction of sp³-hybridized carbons (Fsp3) is 0.333. The molecule has 3 rings (SSSR count). The zero-order chi connectivity index (χ0) is 16.8. The number of aromatic hydroxyl groups is 1. The third-order valence-corrected chi connectivity index (χ3v) is 4.90. The lowest BCUT2D eigenvalue weighted by Gasteiger charge is -2.28. The Balaban J connectivity index is 1.99. The fourth-order valence-corrected chi connectivity index (χ4v) is 3.43. The van der Waals surface area contributed by atoms with E-state index >= 15 is 0 Å². The maximum Gasteiger partial charge on any atom is 0.326 e. The van der Waals surface area contributed by atoms with Gasteiger partial charge in [-0.25, -0.2) is 13.4 Å². The molecule has 0 atom stereocenters. The van der Waals surface area contributed by atoms with E-state index in [1.165, 1.54) is 0 Å². The lowest BCUT2D eigenvalue weighted by molar-refractivity contribution is -0.117. The van der Waals surface area contributed by atoms with Gasteiger partial charge in [0.1, 0.15) is 18.0 Å². The molecule has 2 amide bonds. The Morgan fingerprint density at radius 3 is 2.61 bits per heavy atom. The molecule has 2 fully saturated rings. The minimum absolute atomic E-state index is 0.141. The summed E-state index contributed by atoms with van der Waals surface area (Å²) < 4.78 is 40.3. The molecule has 0 spiro atoms. The van der Waals surface area contributed by atoms with E-state index in [4.69, 9.17) is 0 Å². The number of carbonyl (C=O) groups excluding carboxylic acids is 2. The largest absolute Gasteiger partial charge is 0.506 e. The molecule has 0 radical (unpaired) electrons. The van der Waals surface area contributed by atoms with Crippen molar-refractivity contribution < 1.29 is 27.5 Å². The maximum absolute atomic E-state index is 14.6. The predicted octanol–water partition coefficient (Wildman–Crippen LogP) is -1.59. The summed E-state index contributed by atoms with van der Waals surface area (Å²) in [6.07, 6.45) is 0. The van der Waals surface area contributed by atoms with E-state index in [9.17, 15) is 27.5 Å². The molecule has 124 valence electrons. The Morgan fingerprint density at radius 2 is 2.09 bits per heavy atom. The predicted molar refractivity (Wildman–Crippen MR) is 76.6 cm³/mol. The number of hydrogen-bond donors (Lipinski definition) is 4. The maximum atomic E-state index is 14.6. The molecule has 1 aromatic rings. The number of nitrogens with one attached hydrogen (secondary N) is 3. The summed E-state index contributed by atoms with van der Waals surface area (Å²) in [6, 6.07) is 1.91. The Bertz CT molecular complexity index is 793. The van der Waals surface area contributed by atoms with Crippen molar-refractivity contribution in [1.82, 2.24) is 15.4 Å². The molecule has 0 bridgehead atoms. The van der Waals surface area contributed by atoms with Gasteiger partial charge in [0.2, 0.25) is 0 Å². The zero-order valence-corrected chi connectivity index (χ0v) is 12.5. The van der Waals surface area contributed by atoms with Crippen LogP contribution in [0, 0.1) is 5.82 Å². The first-order valence-electron chi connectivity index (χ1n) is 6.66. The van der Waals surface area contributed by atoms with Crippen molar-refractivity contribution >= 4 is 27.7 Å². The summed E-state index contributed by atoms with van der Waals surface area (Å²) in [5.74, 6) is -3.50. The third kappa shape index (κ3) is 2.68. The lowest BCUT2D eigenvalue weighted by atomic mass is 10.1. The molecule has 0 aliphatic carbocycles. The van der Waals surface area contributed by atoms with Gasteiger partial charge in [0.25, 0.3) is 11.8 Å². The number of rotatable bonds is 3. The lowest BCUT2D eigenvalue weighted by Crippen LogP contribution is -2.57. The van der Waals surface area contributed by atoms with Crippen LogP contribution in [0.5, 0.6) is 5.75 Å². The summed E-state index contributed by atoms with van der Waals surface area (Å²) in [5.41, 5.74) is -1.15. The number of amides is 2. The number of anilines is 1. The molecule has 2 heterocycles. The van der Waals surface area contributed by atoms with Gasteiger partial charge in [-0.15, -0.1) is 0 Å². The minimum atomic E-state index is -4.30. The molecule has 0 saturated carbocycles. The van der Waals surface area contributed by atoms with Crippen molar-refractivity contribution in [3.63, 3.8) is 0 Å². The van der Waals surface area contributed by atoms with E-state index < -0.39 is 51.4 Å². The third-order valence-electron chi connectivity index (χ3n) is 3.53. The highest BCUT2D eigenvalue weighted by Crippen LogP contribution is 2.35. The van der Waals surface area contributed by atoms with E-state index in [0.29, 0.717) is 17.4 Å². The van der Waals surface area contributed by atoms with Gasteiger partial charge in [-0.1, -0.05) is 0 Å². The number of halogens is 1. The van der Waals surface area contributed by atoms with Crippen molar-refractivity contribution in [1.29, 1.82) is 0 Å². The van der Waals surface area contributed by atoms with E-state index in [1.54, 1.807) is 4.72 Å². The fourth-order valence-electron chi connectivity index (χ4n) is 2.27. The summed E-state index contributed by atoms with van der Waals surface area (Å²) in [4.78, 5) is 23.3. The molecular formula is C12H13FN4O5S. The average Bonchev–Trinajstić information content (AvgIpc) is 2.67. The number of carbonyl (C=O) groups is 2. The molecule has 23 heavy (non-hydrogen) atoms. The SMILES string of the molecule is O=C1CN(c2c(O)ccc(C(=O)NC3CNC3)c2F)S(=O)(=O)N1. The Kier molecular flexibility index (Phi) is 3.60. The average molecular weight is 344 g/mol. The summed E-state index contributed by atoms with van der Waals surface area (Å²) in [6.45, 7) is 0.429. The molecular weight excluding hydrogens is 331 g/mol. The van der Waals surface area contributed by atoms with Crippen LogP contribution in [0.15, 0.2) is 12.1 Å². The standard InChI is InChI=1S/C12H13FN4O5S/c13-10-7(12(20)15-6-3-14-4-6)1-2-8(18)11(10)17-5-9(19)16-23(17,21)22/h1-2,6,14,18H,3-5H2,(H,15,20)(H,16,19). The highest BCUT2D eigenvalue weighted by atomic mass is 32.2. The number of benzene rings is 1. The van der Waals surface area contributed by atoms with Gasteiger partial charge < -0.3 is 15.7 Å². The molecule has 2 aliphatic heterocycles. The summed E-state index contributed by atoms with van der Waals surface area (Å²) >= 11 is 0. The Morgan fingerprint density at radius 1 is 1.39 bits per heavy atom. The highest BCUT2D eigenvalue weighted by molar-refractivity contribution is 7.92. The van der Waals surface area contributed by atoms with Gasteiger partial charge in [0.15, 0.2) is 5.82 Å². The van der Waals surface area contributed by atoms with Crippen molar-refractivity contribution in [2.75, 3.05) is 23.9 Å². The summed E-state index contributed by atoms with van der Waals surface area (Å²) in [5, 5.41) is 15.3. The monoisotopic (exact) mass is 344 g/mol. The van der Waals surface area contributed by atoms with E-state index in [1.807, 2.05) is 0 Å². The van der Waals surface area contributed by atoms with Crippen LogP contribution in [0.1, 0.15) is 10.4 Å². The second-order valence-electron chi connectivity index (χ2n) is 5.16. The number of phenols is 1. The Hall–Kier alpha value is -2.40. The van der Waals surface area contributed by atoms with Crippen molar-refractivity contribution in [2.24, 2.45) is 0 Å². The number of phenolic OH excluding ortho intramolecular Hbond substituents is 1. The van der Waals surface area contributed by atoms with Crippen molar-refractivity contribution in [3.8, 4) is 5.75 Å². The minimum Gasteiger partial charge on any atom is -0.506 e. The summed E-state index contributed by atoms with van der Waals surface area (Å²) in [7, 11) is -4.30. The van der Waals surface area contributed by atoms with Crippen molar-refractivity contribution in [3.05, 3.63) is 23.5 Å². The van der Waals surface area contributed by atoms with Crippen LogP contribution in [-0.4, -0.2) is 51.0 Å². The molecule has 0 aromatic heterocycles. The second kappa shape index (κ2) is 5.35. The van der Waals surface area contributed by atoms with Crippen molar-refractivity contribution in [2.45, 2.75) is 6.04 Å². The van der Waals surface area contributed by atoms with E-state index in [2.05, 4.69) is 10.6 Å². The van der Waals surface area contributed by atoms with Crippen LogP contribution in [0.4, 0.5) is 10.1 Å². The Labute approximate surface area is 130 Å². The number of hydrogen-bond acceptors (Lipinski definition) is 6. The molecule has 2 saturated heterocycles. The van der Waals surface area contributed by atoms with Gasteiger partial charge in [-0.2, -0.15) is 8.42 Å². The quantitative estimate of drug-likeness (QED) is 0.524. The molecule has 2 aliphatic rings. The molecule has 1 aromatic carbocycles. The first kappa shape index (κ1) is 15.5. The molecule has 11 heteroatoms. The number of nitrogens with zero attached hydrogens (tertiary/aromatic N) is 1.